The predicted molar refractivity (Wildman–Crippen MR) is 141 cm³/mol. The third-order valence-electron chi connectivity index (χ3n) is 5.24. The van der Waals surface area contributed by atoms with E-state index in [0.29, 0.717) is 16.3 Å². The van der Waals surface area contributed by atoms with Crippen LogP contribution in [0.1, 0.15) is 33.3 Å². The van der Waals surface area contributed by atoms with Gasteiger partial charge in [-0.25, -0.2) is 8.42 Å². The number of methoxy groups -OCH3 is 2. The van der Waals surface area contributed by atoms with E-state index >= 15 is 0 Å². The molecular weight excluding hydrogens is 506 g/mol. The van der Waals surface area contributed by atoms with Crippen LogP contribution < -0.4 is 19.1 Å². The molecule has 0 bridgehead atoms. The minimum Gasteiger partial charge on any atom is -0.497 e. The smallest absolute Gasteiger partial charge is 0.244 e. The van der Waals surface area contributed by atoms with Gasteiger partial charge in [-0.1, -0.05) is 23.7 Å². The Labute approximate surface area is 218 Å². The van der Waals surface area contributed by atoms with Crippen molar-refractivity contribution in [2.75, 3.05) is 31.3 Å². The van der Waals surface area contributed by atoms with Gasteiger partial charge in [-0.15, -0.1) is 0 Å². The minimum absolute atomic E-state index is 0.0511. The Kier molecular flexibility index (Phi) is 9.62. The van der Waals surface area contributed by atoms with Gasteiger partial charge in [0, 0.05) is 23.2 Å². The second kappa shape index (κ2) is 11.8. The summed E-state index contributed by atoms with van der Waals surface area (Å²) in [5.41, 5.74) is 0.341. The summed E-state index contributed by atoms with van der Waals surface area (Å²) in [6.45, 7) is 6.61. The first-order valence-corrected chi connectivity index (χ1v) is 13.4. The van der Waals surface area contributed by atoms with E-state index < -0.39 is 34.1 Å². The van der Waals surface area contributed by atoms with E-state index in [2.05, 4.69) is 5.32 Å². The molecule has 0 saturated heterocycles. The molecule has 1 atom stereocenters. The zero-order chi connectivity index (χ0) is 27.3. The highest BCUT2D eigenvalue weighted by Crippen LogP contribution is 2.33. The zero-order valence-electron chi connectivity index (χ0n) is 21.7. The molecule has 11 heteroatoms. The third kappa shape index (κ3) is 8.03. The number of carbonyl (C=O) groups is 2. The molecule has 1 unspecified atom stereocenters. The molecule has 2 aromatic rings. The average Bonchev–Trinajstić information content (AvgIpc) is 2.78. The first-order valence-electron chi connectivity index (χ1n) is 11.2. The zero-order valence-corrected chi connectivity index (χ0v) is 23.2. The fourth-order valence-corrected chi connectivity index (χ4v) is 4.54. The molecule has 0 aliphatic rings. The van der Waals surface area contributed by atoms with Crippen LogP contribution in [0.2, 0.25) is 5.02 Å². The molecule has 198 valence electrons. The number of nitrogens with one attached hydrogen (secondary N) is 1. The van der Waals surface area contributed by atoms with Crippen molar-refractivity contribution in [3.8, 4) is 11.5 Å². The lowest BCUT2D eigenvalue weighted by atomic mass is 10.1. The Hall–Kier alpha value is -2.98. The van der Waals surface area contributed by atoms with Crippen LogP contribution in [0.4, 0.5) is 5.69 Å². The van der Waals surface area contributed by atoms with E-state index in [9.17, 15) is 18.0 Å². The fraction of sp³-hybridized carbons (Fsp3) is 0.440. The summed E-state index contributed by atoms with van der Waals surface area (Å²) >= 11 is 6.13. The summed E-state index contributed by atoms with van der Waals surface area (Å²) in [6.07, 6.45) is 1.00. The Morgan fingerprint density at radius 2 is 1.75 bits per heavy atom. The van der Waals surface area contributed by atoms with Crippen molar-refractivity contribution in [2.45, 2.75) is 45.8 Å². The molecule has 0 aliphatic carbocycles. The Balaban J connectivity index is 2.48. The average molecular weight is 540 g/mol. The molecule has 0 saturated carbocycles. The van der Waals surface area contributed by atoms with Gasteiger partial charge in [0.2, 0.25) is 21.8 Å². The van der Waals surface area contributed by atoms with Crippen LogP contribution in [0.3, 0.4) is 0 Å². The van der Waals surface area contributed by atoms with Gasteiger partial charge >= 0.3 is 0 Å². The molecular formula is C25H34ClN3O6S. The van der Waals surface area contributed by atoms with E-state index in [4.69, 9.17) is 21.1 Å². The van der Waals surface area contributed by atoms with Gasteiger partial charge < -0.3 is 19.7 Å². The van der Waals surface area contributed by atoms with E-state index in [1.165, 1.54) is 31.3 Å². The van der Waals surface area contributed by atoms with E-state index in [1.54, 1.807) is 37.3 Å². The van der Waals surface area contributed by atoms with Crippen LogP contribution in [-0.4, -0.2) is 63.7 Å². The molecule has 2 amide bonds. The number of ether oxygens (including phenoxy) is 2. The Bertz CT molecular complexity index is 1200. The van der Waals surface area contributed by atoms with E-state index in [-0.39, 0.29) is 23.9 Å². The summed E-state index contributed by atoms with van der Waals surface area (Å²) in [5, 5.41) is 3.35. The number of halogens is 1. The van der Waals surface area contributed by atoms with Gasteiger partial charge in [0.15, 0.2) is 0 Å². The number of anilines is 1. The molecule has 0 aromatic heterocycles. The van der Waals surface area contributed by atoms with E-state index in [1.807, 2.05) is 20.8 Å². The number of amides is 2. The molecule has 0 fully saturated rings. The predicted octanol–water partition coefficient (Wildman–Crippen LogP) is 3.46. The molecule has 2 aromatic carbocycles. The van der Waals surface area contributed by atoms with Gasteiger partial charge in [-0.3, -0.25) is 13.9 Å². The number of carbonyl (C=O) groups excluding carboxylic acids is 2. The molecule has 2 rings (SSSR count). The summed E-state index contributed by atoms with van der Waals surface area (Å²) in [5.74, 6) is -0.265. The second-order valence-corrected chi connectivity index (χ2v) is 11.7. The number of sulfonamides is 1. The lowest BCUT2D eigenvalue weighted by Gasteiger charge is -2.33. The first-order chi connectivity index (χ1) is 16.7. The van der Waals surface area contributed by atoms with Crippen molar-refractivity contribution in [3.05, 3.63) is 53.1 Å². The van der Waals surface area contributed by atoms with Crippen molar-refractivity contribution < 1.29 is 27.5 Å². The van der Waals surface area contributed by atoms with Gasteiger partial charge in [0.1, 0.15) is 24.1 Å². The lowest BCUT2D eigenvalue weighted by Crippen LogP contribution is -2.54. The summed E-state index contributed by atoms with van der Waals surface area (Å²) in [6, 6.07) is 10.6. The molecule has 1 N–H and O–H groups in total. The van der Waals surface area contributed by atoms with Gasteiger partial charge in [0.25, 0.3) is 0 Å². The van der Waals surface area contributed by atoms with Crippen LogP contribution in [0.15, 0.2) is 42.5 Å². The normalized spacial score (nSPS) is 12.4. The van der Waals surface area contributed by atoms with Crippen LogP contribution in [0, 0.1) is 0 Å². The highest BCUT2D eigenvalue weighted by molar-refractivity contribution is 7.92. The quantitative estimate of drug-likeness (QED) is 0.496. The Morgan fingerprint density at radius 3 is 2.28 bits per heavy atom. The summed E-state index contributed by atoms with van der Waals surface area (Å²) in [4.78, 5) is 28.0. The molecule has 0 spiro atoms. The van der Waals surface area contributed by atoms with Crippen molar-refractivity contribution in [1.82, 2.24) is 10.2 Å². The number of hydrogen-bond acceptors (Lipinski definition) is 6. The minimum atomic E-state index is -3.91. The Morgan fingerprint density at radius 1 is 1.08 bits per heavy atom. The van der Waals surface area contributed by atoms with Crippen LogP contribution in [-0.2, 0) is 26.2 Å². The van der Waals surface area contributed by atoms with Gasteiger partial charge in [0.05, 0.1) is 26.2 Å². The maximum absolute atomic E-state index is 13.6. The number of nitrogens with zero attached hydrogens (tertiary/aromatic N) is 2. The van der Waals surface area contributed by atoms with E-state index in [0.717, 1.165) is 10.6 Å². The van der Waals surface area contributed by atoms with Gasteiger partial charge in [-0.2, -0.15) is 0 Å². The van der Waals surface area contributed by atoms with Crippen molar-refractivity contribution in [2.24, 2.45) is 0 Å². The number of rotatable bonds is 10. The van der Waals surface area contributed by atoms with Gasteiger partial charge in [-0.05, 0) is 57.5 Å². The van der Waals surface area contributed by atoms with Crippen LogP contribution in [0.25, 0.3) is 0 Å². The van der Waals surface area contributed by atoms with Crippen LogP contribution >= 0.6 is 11.6 Å². The summed E-state index contributed by atoms with van der Waals surface area (Å²) in [7, 11) is -1.04. The monoisotopic (exact) mass is 539 g/mol. The molecule has 0 aliphatic heterocycles. The molecule has 36 heavy (non-hydrogen) atoms. The second-order valence-electron chi connectivity index (χ2n) is 9.37. The van der Waals surface area contributed by atoms with Crippen molar-refractivity contribution >= 4 is 39.1 Å². The SMILES string of the molecule is COc1ccc(N(CC(=O)N(Cc2cccc(Cl)c2)C(C)C(=O)NC(C)(C)C)S(C)(=O)=O)c(OC)c1. The number of hydrogen-bond donors (Lipinski definition) is 1. The maximum atomic E-state index is 13.6. The highest BCUT2D eigenvalue weighted by atomic mass is 35.5. The van der Waals surface area contributed by atoms with Crippen LogP contribution in [0.5, 0.6) is 11.5 Å². The highest BCUT2D eigenvalue weighted by Gasteiger charge is 2.32. The topological polar surface area (TPSA) is 105 Å². The standard InChI is InChI=1S/C25H34ClN3O6S/c1-17(24(31)27-25(2,3)4)28(15-18-9-8-10-19(26)13-18)23(30)16-29(36(7,32)33)21-12-11-20(34-5)14-22(21)35-6/h8-14,17H,15-16H2,1-7H3,(H,27,31). The fourth-order valence-electron chi connectivity index (χ4n) is 3.47. The molecule has 0 heterocycles. The molecule has 0 radical (unpaired) electrons. The summed E-state index contributed by atoms with van der Waals surface area (Å²) < 4.78 is 37.1. The van der Waals surface area contributed by atoms with Crippen molar-refractivity contribution in [3.63, 3.8) is 0 Å². The third-order valence-corrected chi connectivity index (χ3v) is 6.60. The number of benzene rings is 2. The lowest BCUT2D eigenvalue weighted by molar-refractivity contribution is -0.140. The first kappa shape index (κ1) is 29.3. The largest absolute Gasteiger partial charge is 0.497 e. The van der Waals surface area contributed by atoms with Crippen molar-refractivity contribution in [1.29, 1.82) is 0 Å². The molecule has 9 nitrogen and oxygen atoms in total. The maximum Gasteiger partial charge on any atom is 0.244 e.